The molecule has 0 aliphatic carbocycles. The van der Waals surface area contributed by atoms with Gasteiger partial charge in [0.1, 0.15) is 0 Å². The van der Waals surface area contributed by atoms with Gasteiger partial charge in [0.2, 0.25) is 0 Å². The van der Waals surface area contributed by atoms with Gasteiger partial charge in [-0.2, -0.15) is 0 Å². The standard InChI is InChI=1S/C15H17NS2/c1-17-14-5-2-4-11-12(14)7-8-16-10-13(11)15-6-3-9-18-15/h2-6,9,13,16H,7-8,10H2,1H3. The third-order valence-corrected chi connectivity index (χ3v) is 5.36. The fourth-order valence-corrected chi connectivity index (χ4v) is 4.21. The smallest absolute Gasteiger partial charge is 0.0311 e. The molecule has 1 aliphatic heterocycles. The van der Waals surface area contributed by atoms with E-state index in [1.54, 1.807) is 5.56 Å². The minimum absolute atomic E-state index is 0.523. The summed E-state index contributed by atoms with van der Waals surface area (Å²) in [4.78, 5) is 2.92. The lowest BCUT2D eigenvalue weighted by Gasteiger charge is -2.17. The topological polar surface area (TPSA) is 12.0 Å². The number of benzene rings is 1. The Balaban J connectivity index is 2.09. The van der Waals surface area contributed by atoms with Crippen molar-refractivity contribution in [1.29, 1.82) is 0 Å². The number of rotatable bonds is 2. The maximum Gasteiger partial charge on any atom is 0.0311 e. The predicted octanol–water partition coefficient (Wildman–Crippen LogP) is 3.75. The fourth-order valence-electron chi connectivity index (χ4n) is 2.68. The Labute approximate surface area is 117 Å². The Kier molecular flexibility index (Phi) is 3.73. The summed E-state index contributed by atoms with van der Waals surface area (Å²) in [7, 11) is 0. The SMILES string of the molecule is CSc1cccc2c1CCNCC2c1cccs1. The summed E-state index contributed by atoms with van der Waals surface area (Å²) in [5, 5.41) is 5.76. The van der Waals surface area contributed by atoms with Crippen LogP contribution in [0.1, 0.15) is 21.9 Å². The van der Waals surface area contributed by atoms with Crippen LogP contribution in [0.15, 0.2) is 40.6 Å². The van der Waals surface area contributed by atoms with Gasteiger partial charge in [-0.05, 0) is 47.9 Å². The average Bonchev–Trinajstić information content (AvgIpc) is 2.84. The van der Waals surface area contributed by atoms with E-state index in [9.17, 15) is 0 Å². The molecule has 1 atom stereocenters. The molecule has 0 radical (unpaired) electrons. The number of thiophene rings is 1. The van der Waals surface area contributed by atoms with Crippen molar-refractivity contribution in [2.45, 2.75) is 17.2 Å². The molecule has 0 bridgehead atoms. The van der Waals surface area contributed by atoms with Crippen LogP contribution in [0.4, 0.5) is 0 Å². The molecule has 0 amide bonds. The molecule has 18 heavy (non-hydrogen) atoms. The first-order valence-electron chi connectivity index (χ1n) is 6.30. The van der Waals surface area contributed by atoms with Gasteiger partial charge in [0.05, 0.1) is 0 Å². The van der Waals surface area contributed by atoms with Gasteiger partial charge in [0, 0.05) is 22.2 Å². The molecule has 0 fully saturated rings. The van der Waals surface area contributed by atoms with Gasteiger partial charge in [0.15, 0.2) is 0 Å². The van der Waals surface area contributed by atoms with E-state index in [0.29, 0.717) is 5.92 Å². The third-order valence-electron chi connectivity index (χ3n) is 3.55. The quantitative estimate of drug-likeness (QED) is 0.838. The van der Waals surface area contributed by atoms with Crippen LogP contribution >= 0.6 is 23.1 Å². The van der Waals surface area contributed by atoms with Crippen LogP contribution in [0.5, 0.6) is 0 Å². The van der Waals surface area contributed by atoms with E-state index >= 15 is 0 Å². The van der Waals surface area contributed by atoms with Gasteiger partial charge in [0.25, 0.3) is 0 Å². The number of hydrogen-bond donors (Lipinski definition) is 1. The number of fused-ring (bicyclic) bond motifs is 1. The zero-order valence-corrected chi connectivity index (χ0v) is 12.1. The molecular weight excluding hydrogens is 258 g/mol. The summed E-state index contributed by atoms with van der Waals surface area (Å²) >= 11 is 3.74. The largest absolute Gasteiger partial charge is 0.315 e. The first-order chi connectivity index (χ1) is 8.90. The molecule has 2 heterocycles. The minimum Gasteiger partial charge on any atom is -0.315 e. The van der Waals surface area contributed by atoms with E-state index in [2.05, 4.69) is 47.3 Å². The van der Waals surface area contributed by atoms with Crippen molar-refractivity contribution in [3.05, 3.63) is 51.7 Å². The molecule has 3 heteroatoms. The predicted molar refractivity (Wildman–Crippen MR) is 81.0 cm³/mol. The Hall–Kier alpha value is -0.770. The van der Waals surface area contributed by atoms with Crippen LogP contribution in [0.2, 0.25) is 0 Å². The van der Waals surface area contributed by atoms with Crippen molar-refractivity contribution in [2.24, 2.45) is 0 Å². The number of thioether (sulfide) groups is 1. The van der Waals surface area contributed by atoms with Crippen molar-refractivity contribution < 1.29 is 0 Å². The van der Waals surface area contributed by atoms with Crippen molar-refractivity contribution >= 4 is 23.1 Å². The highest BCUT2D eigenvalue weighted by Gasteiger charge is 2.22. The average molecular weight is 275 g/mol. The third kappa shape index (κ3) is 2.22. The van der Waals surface area contributed by atoms with Crippen molar-refractivity contribution in [1.82, 2.24) is 5.32 Å². The Morgan fingerprint density at radius 3 is 3.00 bits per heavy atom. The van der Waals surface area contributed by atoms with Crippen LogP contribution < -0.4 is 5.32 Å². The van der Waals surface area contributed by atoms with E-state index in [0.717, 1.165) is 19.5 Å². The summed E-state index contributed by atoms with van der Waals surface area (Å²) in [5.41, 5.74) is 3.07. The Bertz CT molecular complexity index is 519. The minimum atomic E-state index is 0.523. The summed E-state index contributed by atoms with van der Waals surface area (Å²) in [5.74, 6) is 0.523. The van der Waals surface area contributed by atoms with Gasteiger partial charge in [-0.3, -0.25) is 0 Å². The van der Waals surface area contributed by atoms with Gasteiger partial charge in [-0.1, -0.05) is 18.2 Å². The Morgan fingerprint density at radius 1 is 1.28 bits per heavy atom. The summed E-state index contributed by atoms with van der Waals surface area (Å²) in [6.45, 7) is 2.15. The van der Waals surface area contributed by atoms with E-state index in [1.165, 1.54) is 15.3 Å². The summed E-state index contributed by atoms with van der Waals surface area (Å²) in [6, 6.07) is 11.2. The first kappa shape index (κ1) is 12.3. The zero-order valence-electron chi connectivity index (χ0n) is 10.5. The highest BCUT2D eigenvalue weighted by Crippen LogP contribution is 2.35. The summed E-state index contributed by atoms with van der Waals surface area (Å²) in [6.07, 6.45) is 3.32. The van der Waals surface area contributed by atoms with Crippen molar-refractivity contribution in [3.8, 4) is 0 Å². The second-order valence-corrected chi connectivity index (χ2v) is 6.38. The maximum absolute atomic E-state index is 3.58. The van der Waals surface area contributed by atoms with Gasteiger partial charge in [-0.25, -0.2) is 0 Å². The molecule has 1 nitrogen and oxygen atoms in total. The van der Waals surface area contributed by atoms with E-state index in [4.69, 9.17) is 0 Å². The first-order valence-corrected chi connectivity index (χ1v) is 8.40. The number of hydrogen-bond acceptors (Lipinski definition) is 3. The van der Waals surface area contributed by atoms with Gasteiger partial charge in [-0.15, -0.1) is 23.1 Å². The maximum atomic E-state index is 3.58. The lowest BCUT2D eigenvalue weighted by atomic mass is 9.93. The van der Waals surface area contributed by atoms with E-state index < -0.39 is 0 Å². The molecule has 1 N–H and O–H groups in total. The highest BCUT2D eigenvalue weighted by molar-refractivity contribution is 7.98. The highest BCUT2D eigenvalue weighted by atomic mass is 32.2. The van der Waals surface area contributed by atoms with Crippen LogP contribution in [-0.2, 0) is 6.42 Å². The second kappa shape index (κ2) is 5.47. The molecule has 2 aromatic rings. The normalized spacial score (nSPS) is 19.3. The molecular formula is C15H17NS2. The lowest BCUT2D eigenvalue weighted by Crippen LogP contribution is -2.20. The van der Waals surface area contributed by atoms with Gasteiger partial charge < -0.3 is 5.32 Å². The van der Waals surface area contributed by atoms with Gasteiger partial charge >= 0.3 is 0 Å². The summed E-state index contributed by atoms with van der Waals surface area (Å²) < 4.78 is 0. The fraction of sp³-hybridized carbons (Fsp3) is 0.333. The second-order valence-electron chi connectivity index (χ2n) is 4.55. The monoisotopic (exact) mass is 275 g/mol. The zero-order chi connectivity index (χ0) is 12.4. The molecule has 1 unspecified atom stereocenters. The number of nitrogens with one attached hydrogen (secondary N) is 1. The molecule has 94 valence electrons. The lowest BCUT2D eigenvalue weighted by molar-refractivity contribution is 0.670. The molecule has 1 aromatic carbocycles. The van der Waals surface area contributed by atoms with E-state index in [-0.39, 0.29) is 0 Å². The molecule has 0 spiro atoms. The van der Waals surface area contributed by atoms with Crippen LogP contribution in [-0.4, -0.2) is 19.3 Å². The van der Waals surface area contributed by atoms with Crippen LogP contribution in [0.3, 0.4) is 0 Å². The molecule has 1 aromatic heterocycles. The van der Waals surface area contributed by atoms with Crippen LogP contribution in [0.25, 0.3) is 0 Å². The van der Waals surface area contributed by atoms with Crippen LogP contribution in [0, 0.1) is 0 Å². The Morgan fingerprint density at radius 2 is 2.22 bits per heavy atom. The molecule has 3 rings (SSSR count). The van der Waals surface area contributed by atoms with Crippen molar-refractivity contribution in [3.63, 3.8) is 0 Å². The van der Waals surface area contributed by atoms with E-state index in [1.807, 2.05) is 23.1 Å². The molecule has 0 saturated carbocycles. The molecule has 1 aliphatic rings. The van der Waals surface area contributed by atoms with Crippen molar-refractivity contribution in [2.75, 3.05) is 19.3 Å². The molecule has 0 saturated heterocycles.